The minimum absolute atomic E-state index is 0.135. The Morgan fingerprint density at radius 3 is 3.00 bits per heavy atom. The van der Waals surface area contributed by atoms with Gasteiger partial charge in [0.1, 0.15) is 0 Å². The van der Waals surface area contributed by atoms with E-state index in [1.807, 2.05) is 6.08 Å². The summed E-state index contributed by atoms with van der Waals surface area (Å²) in [6.07, 6.45) is 4.83. The van der Waals surface area contributed by atoms with Gasteiger partial charge in [-0.05, 0) is 32.4 Å². The van der Waals surface area contributed by atoms with Gasteiger partial charge in [-0.15, -0.1) is 6.58 Å². The highest BCUT2D eigenvalue weighted by molar-refractivity contribution is 5.70. The summed E-state index contributed by atoms with van der Waals surface area (Å²) in [7, 11) is 0. The zero-order valence-electron chi connectivity index (χ0n) is 7.91. The molecule has 1 aliphatic rings. The van der Waals surface area contributed by atoms with Crippen LogP contribution < -0.4 is 0 Å². The molecule has 1 heterocycles. The lowest BCUT2D eigenvalue weighted by Gasteiger charge is -2.13. The van der Waals surface area contributed by atoms with Crippen LogP contribution in [0.25, 0.3) is 0 Å². The Labute approximate surface area is 79.0 Å². The number of carboxylic acids is 1. The molecule has 0 aromatic carbocycles. The maximum Gasteiger partial charge on any atom is 0.307 e. The molecular formula is C10H17NO2. The molecule has 0 amide bonds. The van der Waals surface area contributed by atoms with Crippen molar-refractivity contribution in [2.75, 3.05) is 19.6 Å². The lowest BCUT2D eigenvalue weighted by Crippen LogP contribution is -2.24. The van der Waals surface area contributed by atoms with Gasteiger partial charge in [0.15, 0.2) is 0 Å². The highest BCUT2D eigenvalue weighted by Crippen LogP contribution is 2.16. The van der Waals surface area contributed by atoms with Gasteiger partial charge in [-0.2, -0.15) is 0 Å². The van der Waals surface area contributed by atoms with Gasteiger partial charge < -0.3 is 10.0 Å². The number of carboxylic acid groups (broad SMARTS) is 1. The van der Waals surface area contributed by atoms with Crippen molar-refractivity contribution < 1.29 is 9.90 Å². The van der Waals surface area contributed by atoms with Crippen molar-refractivity contribution in [1.29, 1.82) is 0 Å². The van der Waals surface area contributed by atoms with E-state index in [4.69, 9.17) is 5.11 Å². The number of likely N-dealkylation sites (tertiary alicyclic amines) is 1. The summed E-state index contributed by atoms with van der Waals surface area (Å²) in [5.74, 6) is -0.782. The van der Waals surface area contributed by atoms with Crippen molar-refractivity contribution in [3.63, 3.8) is 0 Å². The quantitative estimate of drug-likeness (QED) is 0.517. The second-order valence-corrected chi connectivity index (χ2v) is 3.56. The van der Waals surface area contributed by atoms with Crippen molar-refractivity contribution in [3.05, 3.63) is 12.7 Å². The van der Waals surface area contributed by atoms with Crippen LogP contribution in [0.3, 0.4) is 0 Å². The molecule has 1 aliphatic heterocycles. The lowest BCUT2D eigenvalue weighted by molar-refractivity contribution is -0.141. The smallest absolute Gasteiger partial charge is 0.307 e. The van der Waals surface area contributed by atoms with Crippen LogP contribution in [0.4, 0.5) is 0 Å². The van der Waals surface area contributed by atoms with E-state index in [1.165, 1.54) is 0 Å². The minimum atomic E-state index is -0.647. The first-order valence-electron chi connectivity index (χ1n) is 4.80. The minimum Gasteiger partial charge on any atom is -0.481 e. The third kappa shape index (κ3) is 3.19. The molecular weight excluding hydrogens is 166 g/mol. The van der Waals surface area contributed by atoms with Crippen LogP contribution in [0, 0.1) is 5.92 Å². The van der Waals surface area contributed by atoms with Gasteiger partial charge in [0, 0.05) is 6.54 Å². The first-order valence-corrected chi connectivity index (χ1v) is 4.80. The SMILES string of the molecule is C=CCCCN1CCC(C(=O)O)C1. The van der Waals surface area contributed by atoms with E-state index in [-0.39, 0.29) is 5.92 Å². The topological polar surface area (TPSA) is 40.5 Å². The van der Waals surface area contributed by atoms with E-state index >= 15 is 0 Å². The highest BCUT2D eigenvalue weighted by Gasteiger charge is 2.26. The first kappa shape index (κ1) is 10.3. The Kier molecular flexibility index (Phi) is 3.96. The van der Waals surface area contributed by atoms with E-state index in [1.54, 1.807) is 0 Å². The van der Waals surface area contributed by atoms with E-state index in [2.05, 4.69) is 11.5 Å². The maximum absolute atomic E-state index is 10.6. The van der Waals surface area contributed by atoms with Crippen molar-refractivity contribution >= 4 is 5.97 Å². The molecule has 0 bridgehead atoms. The van der Waals surface area contributed by atoms with Gasteiger partial charge in [0.25, 0.3) is 0 Å². The Balaban J connectivity index is 2.17. The Hall–Kier alpha value is -0.830. The fourth-order valence-corrected chi connectivity index (χ4v) is 1.70. The summed E-state index contributed by atoms with van der Waals surface area (Å²) in [6.45, 7) is 6.33. The molecule has 3 nitrogen and oxygen atoms in total. The Morgan fingerprint density at radius 1 is 1.69 bits per heavy atom. The van der Waals surface area contributed by atoms with Crippen molar-refractivity contribution in [3.8, 4) is 0 Å². The number of nitrogens with zero attached hydrogens (tertiary/aromatic N) is 1. The zero-order valence-corrected chi connectivity index (χ0v) is 7.91. The zero-order chi connectivity index (χ0) is 9.68. The number of carbonyl (C=O) groups is 1. The molecule has 1 saturated heterocycles. The van der Waals surface area contributed by atoms with Gasteiger partial charge in [0.2, 0.25) is 0 Å². The fraction of sp³-hybridized carbons (Fsp3) is 0.700. The average molecular weight is 183 g/mol. The van der Waals surface area contributed by atoms with Gasteiger partial charge in [0.05, 0.1) is 5.92 Å². The largest absolute Gasteiger partial charge is 0.481 e. The number of hydrogen-bond donors (Lipinski definition) is 1. The van der Waals surface area contributed by atoms with Crippen LogP contribution in [0.5, 0.6) is 0 Å². The predicted molar refractivity (Wildman–Crippen MR) is 51.6 cm³/mol. The van der Waals surface area contributed by atoms with Crippen molar-refractivity contribution in [1.82, 2.24) is 4.90 Å². The summed E-state index contributed by atoms with van der Waals surface area (Å²) >= 11 is 0. The fourth-order valence-electron chi connectivity index (χ4n) is 1.70. The van der Waals surface area contributed by atoms with E-state index in [0.717, 1.165) is 38.9 Å². The van der Waals surface area contributed by atoms with Crippen molar-refractivity contribution in [2.24, 2.45) is 5.92 Å². The molecule has 3 heteroatoms. The normalized spacial score (nSPS) is 23.2. The van der Waals surface area contributed by atoms with Crippen LogP contribution >= 0.6 is 0 Å². The summed E-state index contributed by atoms with van der Waals surface area (Å²) in [6, 6.07) is 0. The Bertz CT molecular complexity index is 191. The molecule has 0 radical (unpaired) electrons. The Morgan fingerprint density at radius 2 is 2.46 bits per heavy atom. The van der Waals surface area contributed by atoms with Gasteiger partial charge in [-0.3, -0.25) is 4.79 Å². The van der Waals surface area contributed by atoms with E-state index in [9.17, 15) is 4.79 Å². The molecule has 13 heavy (non-hydrogen) atoms. The van der Waals surface area contributed by atoms with E-state index in [0.29, 0.717) is 0 Å². The second kappa shape index (κ2) is 5.02. The summed E-state index contributed by atoms with van der Waals surface area (Å²) in [4.78, 5) is 12.9. The number of allylic oxidation sites excluding steroid dienone is 1. The van der Waals surface area contributed by atoms with Gasteiger partial charge in [-0.25, -0.2) is 0 Å². The van der Waals surface area contributed by atoms with E-state index < -0.39 is 5.97 Å². The molecule has 0 aliphatic carbocycles. The molecule has 0 aromatic rings. The van der Waals surface area contributed by atoms with Crippen LogP contribution in [0.2, 0.25) is 0 Å². The van der Waals surface area contributed by atoms with Crippen LogP contribution in [-0.2, 0) is 4.79 Å². The first-order chi connectivity index (χ1) is 6.24. The monoisotopic (exact) mass is 183 g/mol. The molecule has 1 unspecified atom stereocenters. The van der Waals surface area contributed by atoms with Crippen molar-refractivity contribution in [2.45, 2.75) is 19.3 Å². The average Bonchev–Trinajstić information content (AvgIpc) is 2.53. The molecule has 0 aromatic heterocycles. The summed E-state index contributed by atoms with van der Waals surface area (Å²) in [5, 5.41) is 8.76. The number of rotatable bonds is 5. The third-order valence-electron chi connectivity index (χ3n) is 2.50. The van der Waals surface area contributed by atoms with Gasteiger partial charge >= 0.3 is 5.97 Å². The molecule has 74 valence electrons. The molecule has 1 fully saturated rings. The standard InChI is InChI=1S/C10H17NO2/c1-2-3-4-6-11-7-5-9(8-11)10(12)13/h2,9H,1,3-8H2,(H,12,13). The molecule has 1 rings (SSSR count). The molecule has 0 saturated carbocycles. The molecule has 0 spiro atoms. The van der Waals surface area contributed by atoms with Crippen LogP contribution in [0.15, 0.2) is 12.7 Å². The number of hydrogen-bond acceptors (Lipinski definition) is 2. The molecule has 1 atom stereocenters. The lowest BCUT2D eigenvalue weighted by atomic mass is 10.1. The predicted octanol–water partition coefficient (Wildman–Crippen LogP) is 1.36. The number of aliphatic carboxylic acids is 1. The van der Waals surface area contributed by atoms with Crippen LogP contribution in [-0.4, -0.2) is 35.6 Å². The highest BCUT2D eigenvalue weighted by atomic mass is 16.4. The number of unbranched alkanes of at least 4 members (excludes halogenated alkanes) is 1. The maximum atomic E-state index is 10.6. The molecule has 1 N–H and O–H groups in total. The summed E-state index contributed by atoms with van der Waals surface area (Å²) in [5.41, 5.74) is 0. The summed E-state index contributed by atoms with van der Waals surface area (Å²) < 4.78 is 0. The van der Waals surface area contributed by atoms with Gasteiger partial charge in [-0.1, -0.05) is 6.08 Å². The van der Waals surface area contributed by atoms with Crippen LogP contribution in [0.1, 0.15) is 19.3 Å². The third-order valence-corrected chi connectivity index (χ3v) is 2.50. The second-order valence-electron chi connectivity index (χ2n) is 3.56.